The first-order valence-corrected chi connectivity index (χ1v) is 9.29. The van der Waals surface area contributed by atoms with E-state index in [2.05, 4.69) is 15.2 Å². The fourth-order valence-electron chi connectivity index (χ4n) is 2.84. The van der Waals surface area contributed by atoms with Crippen LogP contribution in [-0.2, 0) is 4.74 Å². The third kappa shape index (κ3) is 8.61. The zero-order chi connectivity index (χ0) is 18.8. The Morgan fingerprint density at radius 3 is 2.78 bits per heavy atom. The summed E-state index contributed by atoms with van der Waals surface area (Å²) in [7, 11) is 0. The molecule has 0 radical (unpaired) electrons. The number of rotatable bonds is 9. The van der Waals surface area contributed by atoms with E-state index in [1.54, 1.807) is 0 Å². The second-order valence-electron chi connectivity index (χ2n) is 6.37. The molecular formula is C19H31FIN3O3. The van der Waals surface area contributed by atoms with Crippen molar-refractivity contribution in [3.8, 4) is 5.75 Å². The molecule has 6 nitrogen and oxygen atoms in total. The number of guanidine groups is 1. The molecule has 2 unspecified atom stereocenters. The molecule has 27 heavy (non-hydrogen) atoms. The quantitative estimate of drug-likeness (QED) is 0.313. The summed E-state index contributed by atoms with van der Waals surface area (Å²) in [6.07, 6.45) is 0.358. The Hall–Kier alpha value is -1.13. The van der Waals surface area contributed by atoms with Crippen LogP contribution in [0.1, 0.15) is 20.3 Å². The van der Waals surface area contributed by atoms with Gasteiger partial charge in [-0.05, 0) is 44.5 Å². The SMILES string of the molecule is CCNC(=NCC(O)COc1ccc(F)cc1)N1CCC(COCC)C1.I. The Morgan fingerprint density at radius 1 is 1.37 bits per heavy atom. The van der Waals surface area contributed by atoms with E-state index in [0.29, 0.717) is 11.7 Å². The Balaban J connectivity index is 0.00000364. The molecular weight excluding hydrogens is 464 g/mol. The molecule has 0 saturated carbocycles. The highest BCUT2D eigenvalue weighted by molar-refractivity contribution is 14.0. The largest absolute Gasteiger partial charge is 0.491 e. The van der Waals surface area contributed by atoms with Gasteiger partial charge in [0.1, 0.15) is 24.3 Å². The lowest BCUT2D eigenvalue weighted by Gasteiger charge is -2.22. The van der Waals surface area contributed by atoms with Gasteiger partial charge in [-0.3, -0.25) is 4.99 Å². The van der Waals surface area contributed by atoms with Crippen molar-refractivity contribution in [2.24, 2.45) is 10.9 Å². The fourth-order valence-corrected chi connectivity index (χ4v) is 2.84. The Morgan fingerprint density at radius 2 is 2.11 bits per heavy atom. The average molecular weight is 495 g/mol. The number of nitrogens with one attached hydrogen (secondary N) is 1. The van der Waals surface area contributed by atoms with Gasteiger partial charge in [0.05, 0.1) is 13.2 Å². The minimum absolute atomic E-state index is 0. The van der Waals surface area contributed by atoms with Crippen molar-refractivity contribution >= 4 is 29.9 Å². The topological polar surface area (TPSA) is 66.3 Å². The molecule has 2 N–H and O–H groups in total. The van der Waals surface area contributed by atoms with Gasteiger partial charge in [0.2, 0.25) is 0 Å². The van der Waals surface area contributed by atoms with Crippen molar-refractivity contribution in [1.29, 1.82) is 0 Å². The molecule has 1 aliphatic rings. The van der Waals surface area contributed by atoms with Crippen molar-refractivity contribution in [3.05, 3.63) is 30.1 Å². The summed E-state index contributed by atoms with van der Waals surface area (Å²) in [6.45, 7) is 8.53. The molecule has 1 fully saturated rings. The maximum atomic E-state index is 12.9. The first-order valence-electron chi connectivity index (χ1n) is 9.29. The predicted octanol–water partition coefficient (Wildman–Crippen LogP) is 2.51. The number of halogens is 2. The molecule has 8 heteroatoms. The van der Waals surface area contributed by atoms with E-state index in [0.717, 1.165) is 45.2 Å². The van der Waals surface area contributed by atoms with Gasteiger partial charge in [-0.1, -0.05) is 0 Å². The van der Waals surface area contributed by atoms with Crippen molar-refractivity contribution in [1.82, 2.24) is 10.2 Å². The highest BCUT2D eigenvalue weighted by atomic mass is 127. The van der Waals surface area contributed by atoms with Crippen LogP contribution in [0.15, 0.2) is 29.3 Å². The van der Waals surface area contributed by atoms with E-state index in [1.807, 2.05) is 13.8 Å². The maximum absolute atomic E-state index is 12.9. The predicted molar refractivity (Wildman–Crippen MR) is 115 cm³/mol. The molecule has 1 heterocycles. The van der Waals surface area contributed by atoms with Crippen LogP contribution >= 0.6 is 24.0 Å². The van der Waals surface area contributed by atoms with Gasteiger partial charge < -0.3 is 24.8 Å². The number of hydrogen-bond donors (Lipinski definition) is 2. The summed E-state index contributed by atoms with van der Waals surface area (Å²) in [5.74, 6) is 1.54. The third-order valence-corrected chi connectivity index (χ3v) is 4.19. The van der Waals surface area contributed by atoms with Gasteiger partial charge >= 0.3 is 0 Å². The second kappa shape index (κ2) is 13.1. The van der Waals surface area contributed by atoms with Gasteiger partial charge in [0.25, 0.3) is 0 Å². The Bertz CT molecular complexity index is 560. The number of hydrogen-bond acceptors (Lipinski definition) is 4. The lowest BCUT2D eigenvalue weighted by molar-refractivity contribution is 0.113. The second-order valence-corrected chi connectivity index (χ2v) is 6.37. The molecule has 1 aromatic carbocycles. The van der Waals surface area contributed by atoms with Crippen LogP contribution in [0.2, 0.25) is 0 Å². The smallest absolute Gasteiger partial charge is 0.194 e. The molecule has 1 aliphatic heterocycles. The normalized spacial score (nSPS) is 18.1. The summed E-state index contributed by atoms with van der Waals surface area (Å²) in [5, 5.41) is 13.4. The third-order valence-electron chi connectivity index (χ3n) is 4.19. The Labute approximate surface area is 178 Å². The average Bonchev–Trinajstić information content (AvgIpc) is 3.11. The number of benzene rings is 1. The lowest BCUT2D eigenvalue weighted by atomic mass is 10.1. The number of ether oxygens (including phenoxy) is 2. The van der Waals surface area contributed by atoms with Gasteiger partial charge in [-0.2, -0.15) is 0 Å². The van der Waals surface area contributed by atoms with Gasteiger partial charge in [-0.25, -0.2) is 4.39 Å². The van der Waals surface area contributed by atoms with Crippen LogP contribution < -0.4 is 10.1 Å². The van der Waals surface area contributed by atoms with Gasteiger partial charge in [0, 0.05) is 32.2 Å². The van der Waals surface area contributed by atoms with Crippen LogP contribution in [-0.4, -0.2) is 68.1 Å². The molecule has 0 spiro atoms. The molecule has 0 aliphatic carbocycles. The van der Waals surface area contributed by atoms with Crippen molar-refractivity contribution < 1.29 is 19.0 Å². The number of likely N-dealkylation sites (tertiary alicyclic amines) is 1. The van der Waals surface area contributed by atoms with Crippen LogP contribution in [0.5, 0.6) is 5.75 Å². The van der Waals surface area contributed by atoms with Crippen LogP contribution in [0.3, 0.4) is 0 Å². The minimum atomic E-state index is -0.726. The first kappa shape index (κ1) is 23.9. The molecule has 2 atom stereocenters. The van der Waals surface area contributed by atoms with E-state index in [9.17, 15) is 9.50 Å². The van der Waals surface area contributed by atoms with Crippen molar-refractivity contribution in [2.45, 2.75) is 26.4 Å². The van der Waals surface area contributed by atoms with E-state index >= 15 is 0 Å². The monoisotopic (exact) mass is 495 g/mol. The fraction of sp³-hybridized carbons (Fsp3) is 0.632. The van der Waals surface area contributed by atoms with E-state index in [1.165, 1.54) is 24.3 Å². The molecule has 0 bridgehead atoms. The number of aliphatic hydroxyl groups is 1. The maximum Gasteiger partial charge on any atom is 0.194 e. The summed E-state index contributed by atoms with van der Waals surface area (Å²) >= 11 is 0. The zero-order valence-corrected chi connectivity index (χ0v) is 18.4. The summed E-state index contributed by atoms with van der Waals surface area (Å²) < 4.78 is 23.9. The molecule has 1 saturated heterocycles. The highest BCUT2D eigenvalue weighted by Gasteiger charge is 2.25. The van der Waals surface area contributed by atoms with E-state index < -0.39 is 6.10 Å². The Kier molecular flexibility index (Phi) is 11.6. The summed E-state index contributed by atoms with van der Waals surface area (Å²) in [4.78, 5) is 6.75. The van der Waals surface area contributed by atoms with E-state index in [-0.39, 0.29) is 42.9 Å². The standard InChI is InChI=1S/C19H30FN3O3.HI/c1-3-21-19(23-10-9-15(12-23)13-25-4-2)22-11-17(24)14-26-18-7-5-16(20)6-8-18;/h5-8,15,17,24H,3-4,9-14H2,1-2H3,(H,21,22);1H. The number of aliphatic imine (C=N–C) groups is 1. The summed E-state index contributed by atoms with van der Waals surface area (Å²) in [6, 6.07) is 5.74. The number of nitrogens with zero attached hydrogens (tertiary/aromatic N) is 2. The van der Waals surface area contributed by atoms with Crippen LogP contribution in [0.4, 0.5) is 4.39 Å². The highest BCUT2D eigenvalue weighted by Crippen LogP contribution is 2.17. The first-order chi connectivity index (χ1) is 12.6. The van der Waals surface area contributed by atoms with E-state index in [4.69, 9.17) is 9.47 Å². The molecule has 1 aromatic rings. The molecule has 154 valence electrons. The van der Waals surface area contributed by atoms with Crippen LogP contribution in [0, 0.1) is 11.7 Å². The number of aliphatic hydroxyl groups excluding tert-OH is 1. The minimum Gasteiger partial charge on any atom is -0.491 e. The molecule has 0 amide bonds. The summed E-state index contributed by atoms with van der Waals surface area (Å²) in [5.41, 5.74) is 0. The van der Waals surface area contributed by atoms with Crippen LogP contribution in [0.25, 0.3) is 0 Å². The van der Waals surface area contributed by atoms with Gasteiger partial charge in [-0.15, -0.1) is 24.0 Å². The zero-order valence-electron chi connectivity index (χ0n) is 16.1. The van der Waals surface area contributed by atoms with Crippen molar-refractivity contribution in [2.75, 3.05) is 46.0 Å². The van der Waals surface area contributed by atoms with Gasteiger partial charge in [0.15, 0.2) is 5.96 Å². The molecule has 0 aromatic heterocycles. The van der Waals surface area contributed by atoms with Crippen molar-refractivity contribution in [3.63, 3.8) is 0 Å². The molecule has 2 rings (SSSR count). The lowest BCUT2D eigenvalue weighted by Crippen LogP contribution is -2.41.